The van der Waals surface area contributed by atoms with Crippen molar-refractivity contribution in [2.75, 3.05) is 23.3 Å². The van der Waals surface area contributed by atoms with Crippen LogP contribution in [0.3, 0.4) is 0 Å². The zero-order chi connectivity index (χ0) is 15.5. The Morgan fingerprint density at radius 3 is 2.82 bits per heavy atom. The van der Waals surface area contributed by atoms with Crippen molar-refractivity contribution in [2.45, 2.75) is 19.9 Å². The van der Waals surface area contributed by atoms with Crippen LogP contribution in [0.2, 0.25) is 0 Å². The molecule has 3 rings (SSSR count). The Labute approximate surface area is 129 Å². The monoisotopic (exact) mass is 297 g/mol. The summed E-state index contributed by atoms with van der Waals surface area (Å²) in [7, 11) is 0. The zero-order valence-corrected chi connectivity index (χ0v) is 12.7. The summed E-state index contributed by atoms with van der Waals surface area (Å²) in [5.41, 5.74) is 0.969. The van der Waals surface area contributed by atoms with E-state index in [0.29, 0.717) is 12.4 Å². The van der Waals surface area contributed by atoms with Crippen molar-refractivity contribution >= 4 is 23.2 Å². The minimum absolute atomic E-state index is 0.0279. The largest absolute Gasteiger partial charge is 0.353 e. The number of carbonyl (C=O) groups is 1. The lowest BCUT2D eigenvalue weighted by molar-refractivity contribution is -0.122. The number of carbonyl (C=O) groups excluding carboxylic acids is 1. The first kappa shape index (κ1) is 14.3. The molecule has 0 saturated carbocycles. The quantitative estimate of drug-likeness (QED) is 0.905. The molecule has 1 aliphatic rings. The van der Waals surface area contributed by atoms with Crippen LogP contribution in [-0.2, 0) is 4.79 Å². The lowest BCUT2D eigenvalue weighted by atomic mass is 10.2. The lowest BCUT2D eigenvalue weighted by Gasteiger charge is -2.33. The average molecular weight is 297 g/mol. The first-order valence-electron chi connectivity index (χ1n) is 7.35. The van der Waals surface area contributed by atoms with E-state index < -0.39 is 0 Å². The maximum Gasteiger partial charge on any atom is 0.242 e. The highest BCUT2D eigenvalue weighted by Crippen LogP contribution is 2.22. The molecule has 2 heterocycles. The van der Waals surface area contributed by atoms with Crippen LogP contribution < -0.4 is 15.5 Å². The molecule has 0 aliphatic carbocycles. The van der Waals surface area contributed by atoms with Crippen molar-refractivity contribution in [3.8, 4) is 0 Å². The van der Waals surface area contributed by atoms with E-state index in [0.717, 1.165) is 23.9 Å². The molecule has 6 heteroatoms. The first-order chi connectivity index (χ1) is 10.6. The van der Waals surface area contributed by atoms with Crippen LogP contribution >= 0.6 is 0 Å². The average Bonchev–Trinajstić information content (AvgIpc) is 2.50. The normalized spacial score (nSPS) is 18.0. The smallest absolute Gasteiger partial charge is 0.242 e. The molecule has 1 fully saturated rings. The summed E-state index contributed by atoms with van der Waals surface area (Å²) < 4.78 is 0. The Kier molecular flexibility index (Phi) is 3.91. The molecule has 2 N–H and O–H groups in total. The van der Waals surface area contributed by atoms with Crippen LogP contribution in [0.4, 0.5) is 17.3 Å². The van der Waals surface area contributed by atoms with Gasteiger partial charge in [0, 0.05) is 24.8 Å². The maximum absolute atomic E-state index is 11.8. The van der Waals surface area contributed by atoms with E-state index in [1.807, 2.05) is 55.1 Å². The van der Waals surface area contributed by atoms with Crippen LogP contribution in [0.25, 0.3) is 0 Å². The van der Waals surface area contributed by atoms with Gasteiger partial charge in [0.05, 0.1) is 0 Å². The van der Waals surface area contributed by atoms with Crippen molar-refractivity contribution in [3.05, 3.63) is 42.2 Å². The third-order valence-electron chi connectivity index (χ3n) is 3.66. The van der Waals surface area contributed by atoms with Gasteiger partial charge in [-0.15, -0.1) is 0 Å². The Balaban J connectivity index is 1.88. The van der Waals surface area contributed by atoms with Gasteiger partial charge in [0.15, 0.2) is 0 Å². The second kappa shape index (κ2) is 6.01. The fraction of sp³-hybridized carbons (Fsp3) is 0.312. The van der Waals surface area contributed by atoms with E-state index in [4.69, 9.17) is 0 Å². The van der Waals surface area contributed by atoms with Gasteiger partial charge in [-0.3, -0.25) is 4.79 Å². The molecular weight excluding hydrogens is 278 g/mol. The number of rotatable bonds is 3. The standard InChI is InChI=1S/C16H19N5O/c1-11-16(22)17-8-9-21(11)15-10-14(18-12(2)19-15)20-13-6-4-3-5-7-13/h3-7,10-11H,8-9H2,1-2H3,(H,17,22)(H,18,19,20). The molecule has 6 nitrogen and oxygen atoms in total. The molecule has 22 heavy (non-hydrogen) atoms. The third-order valence-corrected chi connectivity index (χ3v) is 3.66. The molecule has 0 radical (unpaired) electrons. The Morgan fingerprint density at radius 1 is 1.27 bits per heavy atom. The molecule has 1 amide bonds. The highest BCUT2D eigenvalue weighted by molar-refractivity contribution is 5.85. The number of piperazine rings is 1. The van der Waals surface area contributed by atoms with Gasteiger partial charge in [-0.05, 0) is 26.0 Å². The molecule has 1 aromatic heterocycles. The molecular formula is C16H19N5O. The van der Waals surface area contributed by atoms with E-state index >= 15 is 0 Å². The van der Waals surface area contributed by atoms with Gasteiger partial charge < -0.3 is 15.5 Å². The van der Waals surface area contributed by atoms with Gasteiger partial charge in [-0.2, -0.15) is 0 Å². The Hall–Kier alpha value is -2.63. The van der Waals surface area contributed by atoms with Gasteiger partial charge >= 0.3 is 0 Å². The Morgan fingerprint density at radius 2 is 2.05 bits per heavy atom. The van der Waals surface area contributed by atoms with Crippen molar-refractivity contribution in [3.63, 3.8) is 0 Å². The predicted molar refractivity (Wildman–Crippen MR) is 86.3 cm³/mol. The van der Waals surface area contributed by atoms with E-state index in [-0.39, 0.29) is 11.9 Å². The van der Waals surface area contributed by atoms with Crippen LogP contribution in [-0.4, -0.2) is 35.0 Å². The number of hydrogen-bond acceptors (Lipinski definition) is 5. The molecule has 1 aromatic carbocycles. The number of amides is 1. The van der Waals surface area contributed by atoms with Crippen LogP contribution in [0.15, 0.2) is 36.4 Å². The predicted octanol–water partition coefficient (Wildman–Crippen LogP) is 1.85. The molecule has 1 unspecified atom stereocenters. The van der Waals surface area contributed by atoms with Gasteiger partial charge in [-0.1, -0.05) is 18.2 Å². The molecule has 114 valence electrons. The lowest BCUT2D eigenvalue weighted by Crippen LogP contribution is -2.54. The van der Waals surface area contributed by atoms with Crippen molar-refractivity contribution in [1.82, 2.24) is 15.3 Å². The number of aromatic nitrogens is 2. The molecule has 0 spiro atoms. The molecule has 2 aromatic rings. The van der Waals surface area contributed by atoms with E-state index in [2.05, 4.69) is 20.6 Å². The van der Waals surface area contributed by atoms with E-state index in [9.17, 15) is 4.79 Å². The number of anilines is 3. The fourth-order valence-corrected chi connectivity index (χ4v) is 2.53. The van der Waals surface area contributed by atoms with E-state index in [1.54, 1.807) is 0 Å². The fourth-order valence-electron chi connectivity index (χ4n) is 2.53. The number of para-hydroxylation sites is 1. The number of aryl methyl sites for hydroxylation is 1. The second-order valence-corrected chi connectivity index (χ2v) is 5.31. The minimum Gasteiger partial charge on any atom is -0.353 e. The number of hydrogen-bond donors (Lipinski definition) is 2. The molecule has 1 atom stereocenters. The number of nitrogens with one attached hydrogen (secondary N) is 2. The van der Waals surface area contributed by atoms with Gasteiger partial charge in [0.1, 0.15) is 23.5 Å². The summed E-state index contributed by atoms with van der Waals surface area (Å²) in [6.45, 7) is 5.12. The van der Waals surface area contributed by atoms with Crippen LogP contribution in [0, 0.1) is 6.92 Å². The number of benzene rings is 1. The van der Waals surface area contributed by atoms with Crippen LogP contribution in [0.1, 0.15) is 12.7 Å². The summed E-state index contributed by atoms with van der Waals surface area (Å²) in [6, 6.07) is 11.5. The van der Waals surface area contributed by atoms with E-state index in [1.165, 1.54) is 0 Å². The van der Waals surface area contributed by atoms with Crippen molar-refractivity contribution in [1.29, 1.82) is 0 Å². The van der Waals surface area contributed by atoms with Gasteiger partial charge in [0.2, 0.25) is 5.91 Å². The Bertz CT molecular complexity index is 673. The number of nitrogens with zero attached hydrogens (tertiary/aromatic N) is 3. The van der Waals surface area contributed by atoms with Crippen molar-refractivity contribution in [2.24, 2.45) is 0 Å². The molecule has 1 saturated heterocycles. The highest BCUT2D eigenvalue weighted by Gasteiger charge is 2.26. The SMILES string of the molecule is Cc1nc(Nc2ccccc2)cc(N2CCNC(=O)C2C)n1. The van der Waals surface area contributed by atoms with Gasteiger partial charge in [-0.25, -0.2) is 9.97 Å². The topological polar surface area (TPSA) is 70.2 Å². The zero-order valence-electron chi connectivity index (χ0n) is 12.7. The summed E-state index contributed by atoms with van der Waals surface area (Å²) in [6.07, 6.45) is 0. The third kappa shape index (κ3) is 3.00. The molecule has 0 bridgehead atoms. The summed E-state index contributed by atoms with van der Waals surface area (Å²) in [5.74, 6) is 2.20. The summed E-state index contributed by atoms with van der Waals surface area (Å²) in [4.78, 5) is 22.7. The van der Waals surface area contributed by atoms with Gasteiger partial charge in [0.25, 0.3) is 0 Å². The summed E-state index contributed by atoms with van der Waals surface area (Å²) >= 11 is 0. The summed E-state index contributed by atoms with van der Waals surface area (Å²) in [5, 5.41) is 6.13. The second-order valence-electron chi connectivity index (χ2n) is 5.31. The van der Waals surface area contributed by atoms with Crippen molar-refractivity contribution < 1.29 is 4.79 Å². The highest BCUT2D eigenvalue weighted by atomic mass is 16.2. The molecule has 1 aliphatic heterocycles. The first-order valence-corrected chi connectivity index (χ1v) is 7.35. The maximum atomic E-state index is 11.8. The minimum atomic E-state index is -0.229. The van der Waals surface area contributed by atoms with Crippen LogP contribution in [0.5, 0.6) is 0 Å².